The number of nitriles is 1. The number of benzene rings is 1. The molecular formula is C11H11NO2. The van der Waals surface area contributed by atoms with E-state index in [-0.39, 0.29) is 6.42 Å². The minimum Gasteiger partial charge on any atom is -0.481 e. The third-order valence-electron chi connectivity index (χ3n) is 2.08. The van der Waals surface area contributed by atoms with Gasteiger partial charge in [-0.05, 0) is 36.6 Å². The largest absolute Gasteiger partial charge is 0.481 e. The summed E-state index contributed by atoms with van der Waals surface area (Å²) < 4.78 is 0. The van der Waals surface area contributed by atoms with Crippen LogP contribution in [0.4, 0.5) is 0 Å². The van der Waals surface area contributed by atoms with Gasteiger partial charge in [-0.15, -0.1) is 0 Å². The van der Waals surface area contributed by atoms with Gasteiger partial charge in [-0.2, -0.15) is 5.26 Å². The molecule has 0 spiro atoms. The van der Waals surface area contributed by atoms with Gasteiger partial charge in [-0.1, -0.05) is 6.07 Å². The van der Waals surface area contributed by atoms with Crippen molar-refractivity contribution in [3.8, 4) is 6.07 Å². The minimum absolute atomic E-state index is 0.132. The first-order valence-corrected chi connectivity index (χ1v) is 4.35. The Morgan fingerprint density at radius 3 is 2.79 bits per heavy atom. The van der Waals surface area contributed by atoms with Gasteiger partial charge in [-0.25, -0.2) is 0 Å². The lowest BCUT2D eigenvalue weighted by molar-refractivity contribution is -0.136. The Kier molecular flexibility index (Phi) is 3.24. The van der Waals surface area contributed by atoms with Crippen molar-refractivity contribution in [2.24, 2.45) is 0 Å². The standard InChI is InChI=1S/C11H11NO2/c1-8-6-9(7-12)2-3-10(8)4-5-11(13)14/h2-3,6H,4-5H2,1H3,(H,13,14). The summed E-state index contributed by atoms with van der Waals surface area (Å²) in [5.41, 5.74) is 2.58. The van der Waals surface area contributed by atoms with E-state index in [0.717, 1.165) is 11.1 Å². The Balaban J connectivity index is 2.80. The Morgan fingerprint density at radius 2 is 2.29 bits per heavy atom. The molecule has 0 atom stereocenters. The number of aliphatic carboxylic acids is 1. The smallest absolute Gasteiger partial charge is 0.303 e. The molecule has 0 unspecified atom stereocenters. The van der Waals surface area contributed by atoms with Gasteiger partial charge in [0.05, 0.1) is 11.6 Å². The molecule has 1 aromatic rings. The molecule has 1 N–H and O–H groups in total. The van der Waals surface area contributed by atoms with Gasteiger partial charge in [0.15, 0.2) is 0 Å². The molecule has 3 nitrogen and oxygen atoms in total. The van der Waals surface area contributed by atoms with Gasteiger partial charge in [0.1, 0.15) is 0 Å². The molecule has 0 saturated carbocycles. The van der Waals surface area contributed by atoms with Crippen LogP contribution in [-0.4, -0.2) is 11.1 Å². The van der Waals surface area contributed by atoms with Crippen LogP contribution in [0.25, 0.3) is 0 Å². The van der Waals surface area contributed by atoms with Crippen molar-refractivity contribution in [1.29, 1.82) is 5.26 Å². The Morgan fingerprint density at radius 1 is 1.57 bits per heavy atom. The topological polar surface area (TPSA) is 61.1 Å². The first-order valence-electron chi connectivity index (χ1n) is 4.35. The van der Waals surface area contributed by atoms with Gasteiger partial charge >= 0.3 is 5.97 Å². The van der Waals surface area contributed by atoms with Gasteiger partial charge in [-0.3, -0.25) is 4.79 Å². The van der Waals surface area contributed by atoms with Crippen LogP contribution in [0.15, 0.2) is 18.2 Å². The van der Waals surface area contributed by atoms with Crippen molar-refractivity contribution in [1.82, 2.24) is 0 Å². The van der Waals surface area contributed by atoms with Gasteiger partial charge < -0.3 is 5.11 Å². The number of aryl methyl sites for hydroxylation is 2. The molecule has 0 aliphatic heterocycles. The minimum atomic E-state index is -0.797. The van der Waals surface area contributed by atoms with E-state index in [1.165, 1.54) is 0 Å². The fraction of sp³-hybridized carbons (Fsp3) is 0.273. The monoisotopic (exact) mass is 189 g/mol. The van der Waals surface area contributed by atoms with Crippen LogP contribution < -0.4 is 0 Å². The summed E-state index contributed by atoms with van der Waals surface area (Å²) in [6.07, 6.45) is 0.652. The molecule has 0 aromatic heterocycles. The lowest BCUT2D eigenvalue weighted by Crippen LogP contribution is -1.99. The van der Waals surface area contributed by atoms with Crippen LogP contribution in [0.3, 0.4) is 0 Å². The van der Waals surface area contributed by atoms with Crippen LogP contribution >= 0.6 is 0 Å². The van der Waals surface area contributed by atoms with E-state index in [1.807, 2.05) is 19.1 Å². The number of rotatable bonds is 3. The second kappa shape index (κ2) is 4.43. The number of nitrogens with zero attached hydrogens (tertiary/aromatic N) is 1. The van der Waals surface area contributed by atoms with Gasteiger partial charge in [0.2, 0.25) is 0 Å². The summed E-state index contributed by atoms with van der Waals surface area (Å²) in [4.78, 5) is 10.4. The van der Waals surface area contributed by atoms with E-state index in [2.05, 4.69) is 0 Å². The molecule has 0 radical (unpaired) electrons. The summed E-state index contributed by atoms with van der Waals surface area (Å²) in [5, 5.41) is 17.1. The third-order valence-corrected chi connectivity index (χ3v) is 2.08. The highest BCUT2D eigenvalue weighted by Crippen LogP contribution is 2.12. The van der Waals surface area contributed by atoms with Crippen molar-refractivity contribution in [3.63, 3.8) is 0 Å². The average Bonchev–Trinajstić information content (AvgIpc) is 2.15. The molecule has 0 amide bonds. The zero-order valence-electron chi connectivity index (χ0n) is 7.95. The Labute approximate surface area is 82.6 Å². The Hall–Kier alpha value is -1.82. The molecule has 1 rings (SSSR count). The summed E-state index contributed by atoms with van der Waals surface area (Å²) in [5.74, 6) is -0.797. The maximum absolute atomic E-state index is 10.4. The normalized spacial score (nSPS) is 9.43. The molecule has 3 heteroatoms. The van der Waals surface area contributed by atoms with E-state index in [4.69, 9.17) is 10.4 Å². The molecule has 0 heterocycles. The molecule has 0 bridgehead atoms. The summed E-state index contributed by atoms with van der Waals surface area (Å²) >= 11 is 0. The molecule has 0 aliphatic rings. The second-order valence-electron chi connectivity index (χ2n) is 3.15. The second-order valence-corrected chi connectivity index (χ2v) is 3.15. The van der Waals surface area contributed by atoms with E-state index >= 15 is 0 Å². The average molecular weight is 189 g/mol. The number of carbonyl (C=O) groups is 1. The predicted molar refractivity (Wildman–Crippen MR) is 51.9 cm³/mol. The predicted octanol–water partition coefficient (Wildman–Crippen LogP) is 1.88. The zero-order chi connectivity index (χ0) is 10.6. The van der Waals surface area contributed by atoms with Crippen molar-refractivity contribution >= 4 is 5.97 Å². The number of carboxylic acid groups (broad SMARTS) is 1. The summed E-state index contributed by atoms with van der Waals surface area (Å²) in [6, 6.07) is 7.35. The van der Waals surface area contributed by atoms with E-state index < -0.39 is 5.97 Å². The fourth-order valence-corrected chi connectivity index (χ4v) is 1.29. The van der Waals surface area contributed by atoms with Crippen molar-refractivity contribution in [3.05, 3.63) is 34.9 Å². The number of hydrogen-bond donors (Lipinski definition) is 1. The quantitative estimate of drug-likeness (QED) is 0.789. The SMILES string of the molecule is Cc1cc(C#N)ccc1CCC(=O)O. The zero-order valence-corrected chi connectivity index (χ0v) is 7.95. The van der Waals surface area contributed by atoms with Crippen LogP contribution in [0.2, 0.25) is 0 Å². The molecule has 14 heavy (non-hydrogen) atoms. The summed E-state index contributed by atoms with van der Waals surface area (Å²) in [7, 11) is 0. The van der Waals surface area contributed by atoms with Crippen LogP contribution in [-0.2, 0) is 11.2 Å². The van der Waals surface area contributed by atoms with Crippen LogP contribution in [0.1, 0.15) is 23.1 Å². The molecular weight excluding hydrogens is 178 g/mol. The van der Waals surface area contributed by atoms with Crippen molar-refractivity contribution < 1.29 is 9.90 Å². The van der Waals surface area contributed by atoms with E-state index in [9.17, 15) is 4.79 Å². The highest BCUT2D eigenvalue weighted by molar-refractivity contribution is 5.67. The fourth-order valence-electron chi connectivity index (χ4n) is 1.29. The first-order chi connectivity index (χ1) is 6.63. The van der Waals surface area contributed by atoms with E-state index in [0.29, 0.717) is 12.0 Å². The highest BCUT2D eigenvalue weighted by Gasteiger charge is 2.02. The number of hydrogen-bond acceptors (Lipinski definition) is 2. The molecule has 0 fully saturated rings. The van der Waals surface area contributed by atoms with Crippen molar-refractivity contribution in [2.45, 2.75) is 19.8 Å². The van der Waals surface area contributed by atoms with E-state index in [1.54, 1.807) is 12.1 Å². The maximum Gasteiger partial charge on any atom is 0.303 e. The summed E-state index contributed by atoms with van der Waals surface area (Å²) in [6.45, 7) is 1.89. The maximum atomic E-state index is 10.4. The Bertz CT molecular complexity index is 391. The number of carboxylic acids is 1. The first kappa shape index (κ1) is 10.3. The molecule has 0 aliphatic carbocycles. The lowest BCUT2D eigenvalue weighted by Gasteiger charge is -2.03. The van der Waals surface area contributed by atoms with Crippen LogP contribution in [0, 0.1) is 18.3 Å². The van der Waals surface area contributed by atoms with Crippen LogP contribution in [0.5, 0.6) is 0 Å². The third kappa shape index (κ3) is 2.60. The van der Waals surface area contributed by atoms with Gasteiger partial charge in [0, 0.05) is 6.42 Å². The molecule has 72 valence electrons. The molecule has 1 aromatic carbocycles. The highest BCUT2D eigenvalue weighted by atomic mass is 16.4. The van der Waals surface area contributed by atoms with Crippen molar-refractivity contribution in [2.75, 3.05) is 0 Å². The lowest BCUT2D eigenvalue weighted by atomic mass is 10.0. The van der Waals surface area contributed by atoms with Gasteiger partial charge in [0.25, 0.3) is 0 Å². The molecule has 0 saturated heterocycles.